The highest BCUT2D eigenvalue weighted by Crippen LogP contribution is 2.27. The molecular weight excluding hydrogens is 390 g/mol. The van der Waals surface area contributed by atoms with Crippen molar-refractivity contribution in [2.45, 2.75) is 33.2 Å². The smallest absolute Gasteiger partial charge is 0.258 e. The fraction of sp³-hybridized carbons (Fsp3) is 0.320. The molecule has 0 spiro atoms. The topological polar surface area (TPSA) is 71.5 Å². The van der Waals surface area contributed by atoms with Crippen LogP contribution in [0, 0.1) is 0 Å². The molecule has 0 fully saturated rings. The minimum Gasteiger partial charge on any atom is -0.483 e. The molecule has 1 aromatic heterocycles. The summed E-state index contributed by atoms with van der Waals surface area (Å²) in [6.45, 7) is 6.77. The number of nitrogens with one attached hydrogen (secondary N) is 1. The van der Waals surface area contributed by atoms with Crippen molar-refractivity contribution in [3.63, 3.8) is 0 Å². The van der Waals surface area contributed by atoms with Crippen LogP contribution in [0.15, 0.2) is 60.9 Å². The molecule has 2 amide bonds. The first-order valence-corrected chi connectivity index (χ1v) is 10.6. The second-order valence-corrected chi connectivity index (χ2v) is 7.70. The number of carbonyl (C=O) groups excluding carboxylic acids is 2. The lowest BCUT2D eigenvalue weighted by molar-refractivity contribution is -0.123. The van der Waals surface area contributed by atoms with Crippen molar-refractivity contribution in [2.75, 3.05) is 19.7 Å². The maximum atomic E-state index is 13.4. The standard InChI is InChI=1S/C25H29N3O3/c1-4-28(14-11-19-9-12-26-13-10-19)25(30)22-15-20-7-5-6-8-21(20)16-23(22)31-17-24(29)27-18(2)3/h5-10,12-13,15-16,18H,4,11,14,17H2,1-3H3,(H,27,29). The number of ether oxygens (including phenoxy) is 1. The van der Waals surface area contributed by atoms with Crippen LogP contribution in [0.25, 0.3) is 10.8 Å². The summed E-state index contributed by atoms with van der Waals surface area (Å²) in [6, 6.07) is 15.4. The van der Waals surface area contributed by atoms with E-state index in [2.05, 4.69) is 10.3 Å². The van der Waals surface area contributed by atoms with Gasteiger partial charge < -0.3 is 15.0 Å². The summed E-state index contributed by atoms with van der Waals surface area (Å²) in [5, 5.41) is 4.72. The molecule has 0 radical (unpaired) electrons. The summed E-state index contributed by atoms with van der Waals surface area (Å²) in [6.07, 6.45) is 4.25. The molecule has 31 heavy (non-hydrogen) atoms. The molecule has 0 saturated heterocycles. The zero-order valence-electron chi connectivity index (χ0n) is 18.3. The van der Waals surface area contributed by atoms with E-state index in [1.165, 1.54) is 0 Å². The highest BCUT2D eigenvalue weighted by Gasteiger charge is 2.20. The molecule has 0 atom stereocenters. The third-order valence-corrected chi connectivity index (χ3v) is 4.98. The van der Waals surface area contributed by atoms with E-state index in [1.54, 1.807) is 17.3 Å². The molecule has 0 unspecified atom stereocenters. The Bertz CT molecular complexity index is 1030. The van der Waals surface area contributed by atoms with Crippen molar-refractivity contribution in [2.24, 2.45) is 0 Å². The number of hydrogen-bond donors (Lipinski definition) is 1. The number of aromatic nitrogens is 1. The Morgan fingerprint density at radius 1 is 1.06 bits per heavy atom. The van der Waals surface area contributed by atoms with E-state index >= 15 is 0 Å². The monoisotopic (exact) mass is 419 g/mol. The minimum absolute atomic E-state index is 0.0255. The summed E-state index contributed by atoms with van der Waals surface area (Å²) >= 11 is 0. The van der Waals surface area contributed by atoms with Crippen molar-refractivity contribution >= 4 is 22.6 Å². The SMILES string of the molecule is CCN(CCc1ccncc1)C(=O)c1cc2ccccc2cc1OCC(=O)NC(C)C. The molecule has 0 aliphatic carbocycles. The van der Waals surface area contributed by atoms with E-state index in [1.807, 2.05) is 69.3 Å². The van der Waals surface area contributed by atoms with Crippen LogP contribution in [-0.4, -0.2) is 47.4 Å². The Morgan fingerprint density at radius 2 is 1.74 bits per heavy atom. The predicted octanol–water partition coefficient (Wildman–Crippen LogP) is 3.84. The lowest BCUT2D eigenvalue weighted by Crippen LogP contribution is -2.35. The highest BCUT2D eigenvalue weighted by atomic mass is 16.5. The van der Waals surface area contributed by atoms with Gasteiger partial charge in [0.25, 0.3) is 11.8 Å². The number of carbonyl (C=O) groups is 2. The van der Waals surface area contributed by atoms with E-state index in [-0.39, 0.29) is 24.5 Å². The van der Waals surface area contributed by atoms with Gasteiger partial charge in [-0.25, -0.2) is 0 Å². The lowest BCUT2D eigenvalue weighted by atomic mass is 10.0. The molecule has 3 aromatic rings. The molecule has 3 rings (SSSR count). The van der Waals surface area contributed by atoms with Gasteiger partial charge in [-0.3, -0.25) is 14.6 Å². The average Bonchev–Trinajstić information content (AvgIpc) is 2.77. The van der Waals surface area contributed by atoms with Crippen LogP contribution < -0.4 is 10.1 Å². The van der Waals surface area contributed by atoms with E-state index in [9.17, 15) is 9.59 Å². The molecule has 162 valence electrons. The van der Waals surface area contributed by atoms with Gasteiger partial charge in [-0.1, -0.05) is 24.3 Å². The zero-order chi connectivity index (χ0) is 22.2. The van der Waals surface area contributed by atoms with Crippen LogP contribution in [0.3, 0.4) is 0 Å². The van der Waals surface area contributed by atoms with Gasteiger partial charge in [0.2, 0.25) is 0 Å². The average molecular weight is 420 g/mol. The Labute approximate surface area is 183 Å². The van der Waals surface area contributed by atoms with Crippen molar-refractivity contribution in [3.05, 3.63) is 72.1 Å². The first-order valence-electron chi connectivity index (χ1n) is 10.6. The quantitative estimate of drug-likeness (QED) is 0.572. The number of benzene rings is 2. The summed E-state index contributed by atoms with van der Waals surface area (Å²) in [5.41, 5.74) is 1.59. The summed E-state index contributed by atoms with van der Waals surface area (Å²) in [5.74, 6) is 0.0955. The maximum absolute atomic E-state index is 13.4. The highest BCUT2D eigenvalue weighted by molar-refractivity contribution is 6.01. The van der Waals surface area contributed by atoms with Gasteiger partial charge in [-0.05, 0) is 67.8 Å². The van der Waals surface area contributed by atoms with Crippen LogP contribution in [0.2, 0.25) is 0 Å². The van der Waals surface area contributed by atoms with Gasteiger partial charge in [-0.2, -0.15) is 0 Å². The molecule has 2 aromatic carbocycles. The van der Waals surface area contributed by atoms with Crippen LogP contribution >= 0.6 is 0 Å². The van der Waals surface area contributed by atoms with E-state index < -0.39 is 0 Å². The van der Waals surface area contributed by atoms with Gasteiger partial charge >= 0.3 is 0 Å². The summed E-state index contributed by atoms with van der Waals surface area (Å²) in [4.78, 5) is 31.3. The zero-order valence-corrected chi connectivity index (χ0v) is 18.3. The Balaban J connectivity index is 1.84. The minimum atomic E-state index is -0.216. The predicted molar refractivity (Wildman–Crippen MR) is 122 cm³/mol. The number of rotatable bonds is 9. The van der Waals surface area contributed by atoms with Crippen LogP contribution in [0.1, 0.15) is 36.7 Å². The van der Waals surface area contributed by atoms with Crippen LogP contribution in [-0.2, 0) is 11.2 Å². The lowest BCUT2D eigenvalue weighted by Gasteiger charge is -2.23. The molecular formula is C25H29N3O3. The number of likely N-dealkylation sites (N-methyl/N-ethyl adjacent to an activating group) is 1. The molecule has 0 aliphatic heterocycles. The number of hydrogen-bond acceptors (Lipinski definition) is 4. The van der Waals surface area contributed by atoms with Crippen molar-refractivity contribution in [1.82, 2.24) is 15.2 Å². The van der Waals surface area contributed by atoms with Gasteiger partial charge in [0.15, 0.2) is 6.61 Å². The first-order chi connectivity index (χ1) is 15.0. The molecule has 0 bridgehead atoms. The third-order valence-electron chi connectivity index (χ3n) is 4.98. The first kappa shape index (κ1) is 22.3. The Morgan fingerprint density at radius 3 is 2.39 bits per heavy atom. The van der Waals surface area contributed by atoms with Crippen LogP contribution in [0.5, 0.6) is 5.75 Å². The van der Waals surface area contributed by atoms with E-state index in [0.717, 1.165) is 22.8 Å². The van der Waals surface area contributed by atoms with Gasteiger partial charge in [0, 0.05) is 31.5 Å². The van der Waals surface area contributed by atoms with Crippen molar-refractivity contribution in [3.8, 4) is 5.75 Å². The van der Waals surface area contributed by atoms with Crippen molar-refractivity contribution in [1.29, 1.82) is 0 Å². The molecule has 1 heterocycles. The number of amides is 2. The molecule has 0 aliphatic rings. The van der Waals surface area contributed by atoms with Gasteiger partial charge in [0.1, 0.15) is 5.75 Å². The number of nitrogens with zero attached hydrogens (tertiary/aromatic N) is 2. The number of fused-ring (bicyclic) bond motifs is 1. The molecule has 6 heteroatoms. The fourth-order valence-corrected chi connectivity index (χ4v) is 3.40. The Hall–Kier alpha value is -3.41. The number of pyridine rings is 1. The maximum Gasteiger partial charge on any atom is 0.258 e. The second kappa shape index (κ2) is 10.6. The van der Waals surface area contributed by atoms with Crippen LogP contribution in [0.4, 0.5) is 0 Å². The summed E-state index contributed by atoms with van der Waals surface area (Å²) in [7, 11) is 0. The van der Waals surface area contributed by atoms with Crippen molar-refractivity contribution < 1.29 is 14.3 Å². The molecule has 1 N–H and O–H groups in total. The third kappa shape index (κ3) is 6.04. The van der Waals surface area contributed by atoms with E-state index in [4.69, 9.17) is 4.74 Å². The summed E-state index contributed by atoms with van der Waals surface area (Å²) < 4.78 is 5.82. The van der Waals surface area contributed by atoms with E-state index in [0.29, 0.717) is 24.4 Å². The Kier molecular flexibility index (Phi) is 7.60. The largest absolute Gasteiger partial charge is 0.483 e. The normalized spacial score (nSPS) is 10.8. The van der Waals surface area contributed by atoms with Gasteiger partial charge in [-0.15, -0.1) is 0 Å². The molecule has 0 saturated carbocycles. The van der Waals surface area contributed by atoms with Gasteiger partial charge in [0.05, 0.1) is 5.56 Å². The second-order valence-electron chi connectivity index (χ2n) is 7.70. The fourth-order valence-electron chi connectivity index (χ4n) is 3.40. The molecule has 6 nitrogen and oxygen atoms in total.